The zero-order valence-corrected chi connectivity index (χ0v) is 23.8. The van der Waals surface area contributed by atoms with Gasteiger partial charge in [0.05, 0.1) is 16.7 Å². The highest BCUT2D eigenvalue weighted by molar-refractivity contribution is 6.06. The number of hydrogen-bond acceptors (Lipinski definition) is 3. The molecule has 3 aromatic rings. The van der Waals surface area contributed by atoms with Gasteiger partial charge in [0.15, 0.2) is 0 Å². The van der Waals surface area contributed by atoms with Crippen molar-refractivity contribution in [2.24, 2.45) is 11.8 Å². The second-order valence-electron chi connectivity index (χ2n) is 11.2. The summed E-state index contributed by atoms with van der Waals surface area (Å²) in [5.41, 5.74) is -1.78. The van der Waals surface area contributed by atoms with E-state index in [-0.39, 0.29) is 23.2 Å². The number of nitrogens with one attached hydrogen (secondary N) is 2. The van der Waals surface area contributed by atoms with Crippen molar-refractivity contribution in [2.45, 2.75) is 45.5 Å². The van der Waals surface area contributed by atoms with Crippen LogP contribution >= 0.6 is 0 Å². The molecule has 1 heterocycles. The average Bonchev–Trinajstić information content (AvgIpc) is 2.95. The van der Waals surface area contributed by atoms with Gasteiger partial charge in [-0.2, -0.15) is 26.3 Å². The molecular formula is C32H33F6N3O2. The van der Waals surface area contributed by atoms with Crippen molar-refractivity contribution >= 4 is 23.2 Å². The van der Waals surface area contributed by atoms with E-state index in [1.165, 1.54) is 17.7 Å². The van der Waals surface area contributed by atoms with Crippen LogP contribution in [0.2, 0.25) is 0 Å². The van der Waals surface area contributed by atoms with Crippen LogP contribution in [0.4, 0.5) is 37.7 Å². The van der Waals surface area contributed by atoms with E-state index in [1.807, 2.05) is 32.0 Å². The van der Waals surface area contributed by atoms with Crippen molar-refractivity contribution in [1.82, 2.24) is 5.32 Å². The fourth-order valence-electron chi connectivity index (χ4n) is 5.08. The normalized spacial score (nSPS) is 14.6. The van der Waals surface area contributed by atoms with E-state index in [1.54, 1.807) is 6.07 Å². The number of benzene rings is 3. The van der Waals surface area contributed by atoms with Gasteiger partial charge in [0.25, 0.3) is 11.8 Å². The van der Waals surface area contributed by atoms with Crippen LogP contribution in [0.25, 0.3) is 0 Å². The number of rotatable bonds is 8. The maximum absolute atomic E-state index is 13.3. The molecule has 1 fully saturated rings. The topological polar surface area (TPSA) is 61.4 Å². The molecule has 11 heteroatoms. The quantitative estimate of drug-likeness (QED) is 0.258. The Bertz CT molecular complexity index is 1400. The summed E-state index contributed by atoms with van der Waals surface area (Å²) in [5.74, 6) is -0.929. The molecule has 2 amide bonds. The summed E-state index contributed by atoms with van der Waals surface area (Å²) in [5, 5.41) is 5.22. The molecule has 2 N–H and O–H groups in total. The third-order valence-electron chi connectivity index (χ3n) is 7.34. The fraction of sp³-hybridized carbons (Fsp3) is 0.375. The fourth-order valence-corrected chi connectivity index (χ4v) is 5.08. The Morgan fingerprint density at radius 3 is 2.00 bits per heavy atom. The van der Waals surface area contributed by atoms with Crippen LogP contribution in [0.15, 0.2) is 66.7 Å². The molecule has 0 bridgehead atoms. The Balaban J connectivity index is 1.57. The van der Waals surface area contributed by atoms with Crippen LogP contribution in [-0.2, 0) is 18.8 Å². The zero-order chi connectivity index (χ0) is 31.4. The number of amides is 2. The minimum Gasteiger partial charge on any atom is -0.371 e. The van der Waals surface area contributed by atoms with Crippen molar-refractivity contribution in [3.05, 3.63) is 94.5 Å². The Labute approximate surface area is 246 Å². The summed E-state index contributed by atoms with van der Waals surface area (Å²) in [6.45, 7) is 5.63. The van der Waals surface area contributed by atoms with E-state index in [0.717, 1.165) is 19.3 Å². The lowest BCUT2D eigenvalue weighted by Crippen LogP contribution is -2.36. The minimum atomic E-state index is -5.09. The van der Waals surface area contributed by atoms with Crippen LogP contribution in [-0.4, -0.2) is 31.4 Å². The number of piperidine rings is 1. The zero-order valence-electron chi connectivity index (χ0n) is 23.8. The predicted molar refractivity (Wildman–Crippen MR) is 153 cm³/mol. The largest absolute Gasteiger partial charge is 0.416 e. The number of carbonyl (C=O) groups is 2. The van der Waals surface area contributed by atoms with E-state index in [2.05, 4.69) is 27.7 Å². The number of hydrogen-bond donors (Lipinski definition) is 2. The molecule has 5 nitrogen and oxygen atoms in total. The summed E-state index contributed by atoms with van der Waals surface area (Å²) in [4.78, 5) is 28.2. The average molecular weight is 606 g/mol. The monoisotopic (exact) mass is 605 g/mol. The van der Waals surface area contributed by atoms with Crippen molar-refractivity contribution in [3.63, 3.8) is 0 Å². The van der Waals surface area contributed by atoms with E-state index >= 15 is 0 Å². The Hall–Kier alpha value is -4.02. The first kappa shape index (κ1) is 31.9. The summed E-state index contributed by atoms with van der Waals surface area (Å²) < 4.78 is 79.8. The molecule has 1 aliphatic heterocycles. The molecule has 0 atom stereocenters. The lowest BCUT2D eigenvalue weighted by molar-refractivity contribution is -0.143. The number of nitrogens with zero attached hydrogens (tertiary/aromatic N) is 1. The van der Waals surface area contributed by atoms with E-state index in [0.29, 0.717) is 43.4 Å². The minimum absolute atomic E-state index is 0.0359. The maximum Gasteiger partial charge on any atom is 0.416 e. The van der Waals surface area contributed by atoms with E-state index in [4.69, 9.17) is 0 Å². The molecule has 0 spiro atoms. The standard InChI is InChI=1S/C32H33F6N3O2/c1-20(2)19-39-30(43)27-18-26(40-29(42)23-15-24(31(33,34)35)17-25(16-23)32(36,37)38)8-9-28(27)41-12-10-22(11-13-41)14-21-6-4-3-5-7-21/h3-9,15-18,20,22H,10-14,19H2,1-2H3,(H,39,43)(H,40,42). The molecular weight excluding hydrogens is 572 g/mol. The lowest BCUT2D eigenvalue weighted by Gasteiger charge is -2.35. The first-order valence-corrected chi connectivity index (χ1v) is 14.0. The van der Waals surface area contributed by atoms with Crippen molar-refractivity contribution < 1.29 is 35.9 Å². The van der Waals surface area contributed by atoms with Gasteiger partial charge in [0, 0.05) is 36.6 Å². The van der Waals surface area contributed by atoms with Crippen molar-refractivity contribution in [3.8, 4) is 0 Å². The summed E-state index contributed by atoms with van der Waals surface area (Å²) in [7, 11) is 0. The molecule has 0 unspecified atom stereocenters. The van der Waals surface area contributed by atoms with Gasteiger partial charge in [-0.05, 0) is 73.1 Å². The second kappa shape index (κ2) is 13.1. The van der Waals surface area contributed by atoms with Gasteiger partial charge in [0.1, 0.15) is 0 Å². The molecule has 0 saturated carbocycles. The molecule has 0 aromatic heterocycles. The molecule has 230 valence electrons. The Morgan fingerprint density at radius 1 is 0.837 bits per heavy atom. The maximum atomic E-state index is 13.3. The molecule has 1 aliphatic rings. The first-order chi connectivity index (χ1) is 20.2. The summed E-state index contributed by atoms with van der Waals surface area (Å²) in [6, 6.07) is 15.4. The molecule has 43 heavy (non-hydrogen) atoms. The molecule has 0 radical (unpaired) electrons. The highest BCUT2D eigenvalue weighted by atomic mass is 19.4. The number of anilines is 2. The lowest BCUT2D eigenvalue weighted by atomic mass is 9.89. The third kappa shape index (κ3) is 8.52. The molecule has 0 aliphatic carbocycles. The van der Waals surface area contributed by atoms with Gasteiger partial charge >= 0.3 is 12.4 Å². The summed E-state index contributed by atoms with van der Waals surface area (Å²) in [6.07, 6.45) is -7.43. The van der Waals surface area contributed by atoms with Gasteiger partial charge in [-0.15, -0.1) is 0 Å². The molecule has 3 aromatic carbocycles. The molecule has 1 saturated heterocycles. The highest BCUT2D eigenvalue weighted by Crippen LogP contribution is 2.37. The van der Waals surface area contributed by atoms with Gasteiger partial charge in [0.2, 0.25) is 0 Å². The Morgan fingerprint density at radius 2 is 1.44 bits per heavy atom. The third-order valence-corrected chi connectivity index (χ3v) is 7.34. The van der Waals surface area contributed by atoms with Gasteiger partial charge in [-0.3, -0.25) is 9.59 Å². The SMILES string of the molecule is CC(C)CNC(=O)c1cc(NC(=O)c2cc(C(F)(F)F)cc(C(F)(F)F)c2)ccc1N1CCC(Cc2ccccc2)CC1. The van der Waals surface area contributed by atoms with Crippen LogP contribution in [0.1, 0.15) is 64.1 Å². The van der Waals surface area contributed by atoms with E-state index in [9.17, 15) is 35.9 Å². The van der Waals surface area contributed by atoms with Gasteiger partial charge in [-0.25, -0.2) is 0 Å². The van der Waals surface area contributed by atoms with Gasteiger partial charge in [-0.1, -0.05) is 44.2 Å². The molecule has 4 rings (SSSR count). The van der Waals surface area contributed by atoms with E-state index < -0.39 is 40.9 Å². The smallest absolute Gasteiger partial charge is 0.371 e. The number of carbonyl (C=O) groups excluding carboxylic acids is 2. The van der Waals surface area contributed by atoms with Gasteiger partial charge < -0.3 is 15.5 Å². The predicted octanol–water partition coefficient (Wildman–Crippen LogP) is 7.82. The Kier molecular flexibility index (Phi) is 9.72. The van der Waals surface area contributed by atoms with Crippen LogP contribution < -0.4 is 15.5 Å². The first-order valence-electron chi connectivity index (χ1n) is 14.0. The van der Waals surface area contributed by atoms with Crippen LogP contribution in [0.5, 0.6) is 0 Å². The highest BCUT2D eigenvalue weighted by Gasteiger charge is 2.37. The van der Waals surface area contributed by atoms with Crippen molar-refractivity contribution in [2.75, 3.05) is 29.9 Å². The number of alkyl halides is 6. The van der Waals surface area contributed by atoms with Crippen LogP contribution in [0.3, 0.4) is 0 Å². The number of halogens is 6. The second-order valence-corrected chi connectivity index (χ2v) is 11.2. The van der Waals surface area contributed by atoms with Crippen molar-refractivity contribution in [1.29, 1.82) is 0 Å². The van der Waals surface area contributed by atoms with Crippen LogP contribution in [0, 0.1) is 11.8 Å². The summed E-state index contributed by atoms with van der Waals surface area (Å²) >= 11 is 0.